The molecule has 0 amide bonds. The number of ether oxygens (including phenoxy) is 2. The van der Waals surface area contributed by atoms with Crippen LogP contribution in [0.2, 0.25) is 0 Å². The van der Waals surface area contributed by atoms with Gasteiger partial charge in [0.25, 0.3) is 0 Å². The second-order valence-corrected chi connectivity index (χ2v) is 5.58. The number of methoxy groups -OCH3 is 1. The van der Waals surface area contributed by atoms with E-state index in [0.717, 1.165) is 4.73 Å². The number of hydrogen-bond acceptors (Lipinski definition) is 5. The zero-order chi connectivity index (χ0) is 16.6. The lowest BCUT2D eigenvalue weighted by atomic mass is 9.99. The number of fused-ring (bicyclic) bond motifs is 1. The fourth-order valence-electron chi connectivity index (χ4n) is 2.52. The van der Waals surface area contributed by atoms with Crippen molar-refractivity contribution in [1.82, 2.24) is 0 Å². The number of rotatable bonds is 2. The minimum atomic E-state index is -0.829. The first-order valence-corrected chi connectivity index (χ1v) is 7.05. The van der Waals surface area contributed by atoms with Gasteiger partial charge in [-0.3, -0.25) is 0 Å². The standard InChI is InChI=1S/C17H15N3O3/c1-17(2)19-16(13-6-4-5-7-20(13)21)12-8-11(10-18)14(22-3)9-15(12)23-17/h4-9H,1-3H3. The molecule has 0 bridgehead atoms. The summed E-state index contributed by atoms with van der Waals surface area (Å²) in [5.41, 5.74) is 1.02. The highest BCUT2D eigenvalue weighted by atomic mass is 16.5. The minimum Gasteiger partial charge on any atom is -0.618 e. The average molecular weight is 309 g/mol. The van der Waals surface area contributed by atoms with E-state index >= 15 is 0 Å². The van der Waals surface area contributed by atoms with Crippen molar-refractivity contribution in [3.05, 3.63) is 58.6 Å². The van der Waals surface area contributed by atoms with Gasteiger partial charge in [-0.2, -0.15) is 9.99 Å². The first kappa shape index (κ1) is 14.9. The normalized spacial score (nSPS) is 15.0. The molecule has 23 heavy (non-hydrogen) atoms. The molecular weight excluding hydrogens is 294 g/mol. The highest BCUT2D eigenvalue weighted by Gasteiger charge is 2.33. The fraction of sp³-hybridized carbons (Fsp3) is 0.235. The Hall–Kier alpha value is -3.07. The van der Waals surface area contributed by atoms with E-state index < -0.39 is 5.72 Å². The van der Waals surface area contributed by atoms with Crippen LogP contribution in [-0.4, -0.2) is 18.5 Å². The molecule has 1 aromatic heterocycles. The number of nitrogens with zero attached hydrogens (tertiary/aromatic N) is 3. The van der Waals surface area contributed by atoms with Gasteiger partial charge in [0.15, 0.2) is 11.9 Å². The SMILES string of the molecule is COc1cc2c(cc1C#N)C(c1cccc[n+]1[O-])=NC(C)(C)O2. The molecule has 116 valence electrons. The molecule has 3 rings (SSSR count). The maximum atomic E-state index is 12.1. The zero-order valence-corrected chi connectivity index (χ0v) is 13.0. The molecule has 0 fully saturated rings. The van der Waals surface area contributed by atoms with Gasteiger partial charge < -0.3 is 14.7 Å². The van der Waals surface area contributed by atoms with Gasteiger partial charge in [0.1, 0.15) is 23.3 Å². The molecule has 0 saturated carbocycles. The molecule has 2 aromatic rings. The van der Waals surface area contributed by atoms with Crippen molar-refractivity contribution in [2.24, 2.45) is 4.99 Å². The number of aromatic nitrogens is 1. The molecule has 0 saturated heterocycles. The summed E-state index contributed by atoms with van der Waals surface area (Å²) in [6, 6.07) is 10.5. The predicted octanol–water partition coefficient (Wildman–Crippen LogP) is 2.17. The van der Waals surface area contributed by atoms with Crippen LogP contribution < -0.4 is 14.2 Å². The third-order valence-electron chi connectivity index (χ3n) is 3.48. The number of pyridine rings is 1. The van der Waals surface area contributed by atoms with Crippen LogP contribution in [0.25, 0.3) is 0 Å². The van der Waals surface area contributed by atoms with Gasteiger partial charge in [0.05, 0.1) is 18.2 Å². The van der Waals surface area contributed by atoms with Crippen LogP contribution in [0.15, 0.2) is 41.5 Å². The maximum Gasteiger partial charge on any atom is 0.242 e. The summed E-state index contributed by atoms with van der Waals surface area (Å²) in [5, 5.41) is 21.4. The first-order chi connectivity index (χ1) is 10.9. The van der Waals surface area contributed by atoms with Crippen LogP contribution in [0.1, 0.15) is 30.7 Å². The van der Waals surface area contributed by atoms with Crippen molar-refractivity contribution >= 4 is 5.71 Å². The Bertz CT molecular complexity index is 851. The number of nitriles is 1. The molecule has 0 spiro atoms. The van der Waals surface area contributed by atoms with Crippen molar-refractivity contribution in [3.8, 4) is 17.6 Å². The molecule has 0 aliphatic carbocycles. The Morgan fingerprint density at radius 2 is 2.13 bits per heavy atom. The number of aliphatic imine (C=N–C) groups is 1. The Balaban J connectivity index is 2.28. The van der Waals surface area contributed by atoms with Crippen molar-refractivity contribution < 1.29 is 14.2 Å². The van der Waals surface area contributed by atoms with E-state index in [1.54, 1.807) is 44.2 Å². The largest absolute Gasteiger partial charge is 0.618 e. The topological polar surface area (TPSA) is 81.5 Å². The van der Waals surface area contributed by atoms with Gasteiger partial charge in [-0.1, -0.05) is 0 Å². The van der Waals surface area contributed by atoms with Gasteiger partial charge in [0, 0.05) is 18.2 Å². The molecule has 1 aromatic carbocycles. The Kier molecular flexibility index (Phi) is 3.41. The lowest BCUT2D eigenvalue weighted by molar-refractivity contribution is -0.606. The van der Waals surface area contributed by atoms with E-state index in [-0.39, 0.29) is 0 Å². The second kappa shape index (κ2) is 5.29. The van der Waals surface area contributed by atoms with Crippen molar-refractivity contribution in [2.75, 3.05) is 7.11 Å². The molecule has 6 heteroatoms. The van der Waals surface area contributed by atoms with Gasteiger partial charge in [0.2, 0.25) is 5.69 Å². The Labute approximate surface area is 133 Å². The van der Waals surface area contributed by atoms with Crippen LogP contribution in [0.3, 0.4) is 0 Å². The van der Waals surface area contributed by atoms with E-state index in [2.05, 4.69) is 11.1 Å². The van der Waals surface area contributed by atoms with Crippen LogP contribution in [-0.2, 0) is 0 Å². The Morgan fingerprint density at radius 1 is 1.35 bits per heavy atom. The van der Waals surface area contributed by atoms with E-state index in [0.29, 0.717) is 34.0 Å². The van der Waals surface area contributed by atoms with Crippen molar-refractivity contribution in [2.45, 2.75) is 19.6 Å². The quantitative estimate of drug-likeness (QED) is 0.629. The van der Waals surface area contributed by atoms with Crippen LogP contribution in [0.4, 0.5) is 0 Å². The zero-order valence-electron chi connectivity index (χ0n) is 13.0. The molecule has 6 nitrogen and oxygen atoms in total. The molecule has 0 atom stereocenters. The molecule has 0 radical (unpaired) electrons. The summed E-state index contributed by atoms with van der Waals surface area (Å²) >= 11 is 0. The molecular formula is C17H15N3O3. The highest BCUT2D eigenvalue weighted by molar-refractivity contribution is 6.13. The summed E-state index contributed by atoms with van der Waals surface area (Å²) in [7, 11) is 1.49. The van der Waals surface area contributed by atoms with E-state index in [4.69, 9.17) is 9.47 Å². The third kappa shape index (κ3) is 2.57. The van der Waals surface area contributed by atoms with Gasteiger partial charge >= 0.3 is 0 Å². The lowest BCUT2D eigenvalue weighted by Crippen LogP contribution is -2.39. The van der Waals surface area contributed by atoms with Gasteiger partial charge in [-0.05, 0) is 26.0 Å². The van der Waals surface area contributed by atoms with E-state index in [9.17, 15) is 10.5 Å². The molecule has 1 aliphatic heterocycles. The van der Waals surface area contributed by atoms with E-state index in [1.807, 2.05) is 0 Å². The van der Waals surface area contributed by atoms with E-state index in [1.165, 1.54) is 13.3 Å². The first-order valence-electron chi connectivity index (χ1n) is 7.05. The summed E-state index contributed by atoms with van der Waals surface area (Å²) in [6.07, 6.45) is 1.41. The lowest BCUT2D eigenvalue weighted by Gasteiger charge is -2.29. The highest BCUT2D eigenvalue weighted by Crippen LogP contribution is 2.36. The maximum absolute atomic E-state index is 12.1. The monoisotopic (exact) mass is 309 g/mol. The Morgan fingerprint density at radius 3 is 2.78 bits per heavy atom. The number of hydrogen-bond donors (Lipinski definition) is 0. The predicted molar refractivity (Wildman–Crippen MR) is 83.5 cm³/mol. The summed E-state index contributed by atoms with van der Waals surface area (Å²) in [4.78, 5) is 4.54. The van der Waals surface area contributed by atoms with Crippen molar-refractivity contribution in [1.29, 1.82) is 5.26 Å². The summed E-state index contributed by atoms with van der Waals surface area (Å²) < 4.78 is 11.8. The number of benzene rings is 1. The molecule has 0 unspecified atom stereocenters. The molecule has 1 aliphatic rings. The average Bonchev–Trinajstić information content (AvgIpc) is 2.52. The van der Waals surface area contributed by atoms with Crippen molar-refractivity contribution in [3.63, 3.8) is 0 Å². The van der Waals surface area contributed by atoms with Gasteiger partial charge in [-0.15, -0.1) is 0 Å². The molecule has 2 heterocycles. The van der Waals surface area contributed by atoms with Crippen LogP contribution in [0, 0.1) is 16.5 Å². The smallest absolute Gasteiger partial charge is 0.242 e. The van der Waals surface area contributed by atoms with Gasteiger partial charge in [-0.25, -0.2) is 4.99 Å². The summed E-state index contributed by atoms with van der Waals surface area (Å²) in [6.45, 7) is 3.61. The minimum absolute atomic E-state index is 0.357. The second-order valence-electron chi connectivity index (χ2n) is 5.58. The third-order valence-corrected chi connectivity index (χ3v) is 3.48. The van der Waals surface area contributed by atoms with Crippen LogP contribution >= 0.6 is 0 Å². The van der Waals surface area contributed by atoms with Crippen LogP contribution in [0.5, 0.6) is 11.5 Å². The molecule has 0 N–H and O–H groups in total. The fourth-order valence-corrected chi connectivity index (χ4v) is 2.52. The summed E-state index contributed by atoms with van der Waals surface area (Å²) in [5.74, 6) is 0.950.